The molecule has 0 fully saturated rings. The van der Waals surface area contributed by atoms with Crippen LogP contribution in [0.25, 0.3) is 22.3 Å². The maximum atomic E-state index is 13.2. The maximum Gasteiger partial charge on any atom is 0.416 e. The zero-order valence-corrected chi connectivity index (χ0v) is 19.7. The molecule has 2 aromatic carbocycles. The largest absolute Gasteiger partial charge is 0.416 e. The number of benzene rings is 2. The highest BCUT2D eigenvalue weighted by Gasteiger charge is 2.31. The minimum Gasteiger partial charge on any atom is -0.344 e. The molecule has 0 saturated heterocycles. The average Bonchev–Trinajstić information content (AvgIpc) is 2.88. The normalized spacial score (nSPS) is 12.3. The number of halogens is 3. The summed E-state index contributed by atoms with van der Waals surface area (Å²) in [5.41, 5.74) is 9.24. The van der Waals surface area contributed by atoms with E-state index in [0.717, 1.165) is 28.8 Å². The molecule has 9 heteroatoms. The summed E-state index contributed by atoms with van der Waals surface area (Å²) in [4.78, 5) is 25.4. The van der Waals surface area contributed by atoms with Crippen LogP contribution in [0, 0.1) is 6.92 Å². The second kappa shape index (κ2) is 10.2. The highest BCUT2D eigenvalue weighted by molar-refractivity contribution is 5.93. The summed E-state index contributed by atoms with van der Waals surface area (Å²) < 4.78 is 39.6. The van der Waals surface area contributed by atoms with E-state index >= 15 is 0 Å². The molecule has 4 aromatic rings. The van der Waals surface area contributed by atoms with Crippen LogP contribution in [0.15, 0.2) is 73.2 Å². The topological polar surface area (TPSA) is 93.8 Å². The molecule has 0 aliphatic heterocycles. The predicted molar refractivity (Wildman–Crippen MR) is 131 cm³/mol. The van der Waals surface area contributed by atoms with Crippen LogP contribution in [-0.4, -0.2) is 20.9 Å². The van der Waals surface area contributed by atoms with Gasteiger partial charge in [-0.25, -0.2) is 9.97 Å². The van der Waals surface area contributed by atoms with Gasteiger partial charge >= 0.3 is 6.18 Å². The lowest BCUT2D eigenvalue weighted by molar-refractivity contribution is -0.137. The third-order valence-corrected chi connectivity index (χ3v) is 5.83. The summed E-state index contributed by atoms with van der Waals surface area (Å²) in [6.07, 6.45) is 0.472. The fourth-order valence-corrected chi connectivity index (χ4v) is 3.78. The van der Waals surface area contributed by atoms with Crippen molar-refractivity contribution in [2.45, 2.75) is 32.6 Å². The van der Waals surface area contributed by atoms with Gasteiger partial charge in [0, 0.05) is 30.7 Å². The first-order chi connectivity index (χ1) is 17.2. The third kappa shape index (κ3) is 5.58. The van der Waals surface area contributed by atoms with Crippen LogP contribution in [-0.2, 0) is 12.7 Å². The number of aromatic nitrogens is 3. The van der Waals surface area contributed by atoms with Crippen LogP contribution in [0.2, 0.25) is 0 Å². The SMILES string of the molecule is Cc1ncc(-c2ccnc(C(=O)N[C@H](C)c3ccc(-c4cc(C(F)(F)F)ccc4CN)cc3)c2)cn1. The molecular formula is C27H24F3N5O. The molecule has 2 aromatic heterocycles. The van der Waals surface area contributed by atoms with E-state index in [2.05, 4.69) is 20.3 Å². The molecule has 0 aliphatic rings. The number of rotatable bonds is 6. The van der Waals surface area contributed by atoms with Gasteiger partial charge in [-0.05, 0) is 65.9 Å². The number of aryl methyl sites for hydroxylation is 1. The van der Waals surface area contributed by atoms with Crippen molar-refractivity contribution in [2.75, 3.05) is 0 Å². The fourth-order valence-electron chi connectivity index (χ4n) is 3.78. The maximum absolute atomic E-state index is 13.2. The van der Waals surface area contributed by atoms with Crippen molar-refractivity contribution in [1.29, 1.82) is 0 Å². The lowest BCUT2D eigenvalue weighted by atomic mass is 9.95. The Morgan fingerprint density at radius 3 is 2.28 bits per heavy atom. The van der Waals surface area contributed by atoms with Crippen molar-refractivity contribution in [3.05, 3.63) is 101 Å². The Kier molecular flexibility index (Phi) is 7.12. The summed E-state index contributed by atoms with van der Waals surface area (Å²) in [5.74, 6) is 0.294. The van der Waals surface area contributed by atoms with Crippen molar-refractivity contribution in [3.8, 4) is 22.3 Å². The number of carbonyl (C=O) groups excluding carboxylic acids is 1. The van der Waals surface area contributed by atoms with Gasteiger partial charge in [0.25, 0.3) is 5.91 Å². The van der Waals surface area contributed by atoms with Gasteiger partial charge in [0.2, 0.25) is 0 Å². The number of amides is 1. The monoisotopic (exact) mass is 491 g/mol. The number of nitrogens with one attached hydrogen (secondary N) is 1. The van der Waals surface area contributed by atoms with E-state index in [1.165, 1.54) is 6.07 Å². The number of carbonyl (C=O) groups is 1. The van der Waals surface area contributed by atoms with Crippen LogP contribution in [0.1, 0.15) is 46.0 Å². The van der Waals surface area contributed by atoms with Gasteiger partial charge in [0.05, 0.1) is 11.6 Å². The highest BCUT2D eigenvalue weighted by Crippen LogP contribution is 2.34. The van der Waals surface area contributed by atoms with Gasteiger partial charge in [0.15, 0.2) is 0 Å². The van der Waals surface area contributed by atoms with Crippen LogP contribution < -0.4 is 11.1 Å². The second-order valence-corrected chi connectivity index (χ2v) is 8.34. The molecule has 4 rings (SSSR count). The molecule has 1 amide bonds. The lowest BCUT2D eigenvalue weighted by Crippen LogP contribution is -2.27. The van der Waals surface area contributed by atoms with Crippen molar-refractivity contribution in [3.63, 3.8) is 0 Å². The molecule has 0 bridgehead atoms. The van der Waals surface area contributed by atoms with E-state index in [4.69, 9.17) is 5.73 Å². The summed E-state index contributed by atoms with van der Waals surface area (Å²) in [5, 5.41) is 2.91. The molecule has 0 spiro atoms. The predicted octanol–water partition coefficient (Wildman–Crippen LogP) is 5.48. The number of hydrogen-bond acceptors (Lipinski definition) is 5. The standard InChI is InChI=1S/C27H24F3N5O/c1-16(35-26(36)25-11-20(9-10-32-25)22-14-33-17(2)34-15-22)18-3-5-19(6-4-18)24-12-23(27(28,29)30)8-7-21(24)13-31/h3-12,14-16H,13,31H2,1-2H3,(H,35,36)/t16-/m1/s1. The number of nitrogens with two attached hydrogens (primary N) is 1. The smallest absolute Gasteiger partial charge is 0.344 e. The van der Waals surface area contributed by atoms with Crippen LogP contribution in [0.5, 0.6) is 0 Å². The number of nitrogens with zero attached hydrogens (tertiary/aromatic N) is 3. The molecule has 0 unspecified atom stereocenters. The van der Waals surface area contributed by atoms with Crippen LogP contribution in [0.3, 0.4) is 0 Å². The number of pyridine rings is 1. The molecule has 184 valence electrons. The van der Waals surface area contributed by atoms with E-state index in [1.54, 1.807) is 61.9 Å². The van der Waals surface area contributed by atoms with Crippen molar-refractivity contribution < 1.29 is 18.0 Å². The zero-order valence-electron chi connectivity index (χ0n) is 19.7. The average molecular weight is 492 g/mol. The second-order valence-electron chi connectivity index (χ2n) is 8.34. The van der Waals surface area contributed by atoms with Gasteiger partial charge in [-0.1, -0.05) is 30.3 Å². The summed E-state index contributed by atoms with van der Waals surface area (Å²) >= 11 is 0. The first-order valence-electron chi connectivity index (χ1n) is 11.2. The molecule has 36 heavy (non-hydrogen) atoms. The van der Waals surface area contributed by atoms with Crippen molar-refractivity contribution in [1.82, 2.24) is 20.3 Å². The molecule has 1 atom stereocenters. The zero-order chi connectivity index (χ0) is 25.9. The summed E-state index contributed by atoms with van der Waals surface area (Å²) in [7, 11) is 0. The Labute approximate surface area is 206 Å². The Hall–Kier alpha value is -4.11. The molecule has 6 nitrogen and oxygen atoms in total. The van der Waals surface area contributed by atoms with Gasteiger partial charge < -0.3 is 11.1 Å². The Balaban J connectivity index is 1.51. The van der Waals surface area contributed by atoms with Gasteiger partial charge in [-0.3, -0.25) is 9.78 Å². The van der Waals surface area contributed by atoms with E-state index in [0.29, 0.717) is 22.5 Å². The number of hydrogen-bond donors (Lipinski definition) is 2. The minimum atomic E-state index is -4.45. The van der Waals surface area contributed by atoms with Gasteiger partial charge in [0.1, 0.15) is 11.5 Å². The lowest BCUT2D eigenvalue weighted by Gasteiger charge is -2.16. The van der Waals surface area contributed by atoms with Gasteiger partial charge in [-0.2, -0.15) is 13.2 Å². The Morgan fingerprint density at radius 2 is 1.64 bits per heavy atom. The van der Waals surface area contributed by atoms with Gasteiger partial charge in [-0.15, -0.1) is 0 Å². The van der Waals surface area contributed by atoms with E-state index in [-0.39, 0.29) is 24.2 Å². The van der Waals surface area contributed by atoms with Crippen molar-refractivity contribution >= 4 is 5.91 Å². The first-order valence-corrected chi connectivity index (χ1v) is 11.2. The van der Waals surface area contributed by atoms with E-state index < -0.39 is 11.7 Å². The molecule has 0 radical (unpaired) electrons. The highest BCUT2D eigenvalue weighted by atomic mass is 19.4. The molecule has 0 saturated carbocycles. The van der Waals surface area contributed by atoms with Crippen LogP contribution in [0.4, 0.5) is 13.2 Å². The quantitative estimate of drug-likeness (QED) is 0.372. The first kappa shape index (κ1) is 25.0. The fraction of sp³-hybridized carbons (Fsp3) is 0.185. The van der Waals surface area contributed by atoms with E-state index in [9.17, 15) is 18.0 Å². The summed E-state index contributed by atoms with van der Waals surface area (Å²) in [6, 6.07) is 13.6. The summed E-state index contributed by atoms with van der Waals surface area (Å²) in [6.45, 7) is 3.72. The molecular weight excluding hydrogens is 467 g/mol. The Bertz CT molecular complexity index is 1370. The third-order valence-electron chi connectivity index (χ3n) is 5.83. The van der Waals surface area contributed by atoms with Crippen molar-refractivity contribution in [2.24, 2.45) is 5.73 Å². The number of alkyl halides is 3. The van der Waals surface area contributed by atoms with E-state index in [1.807, 2.05) is 6.92 Å². The molecule has 3 N–H and O–H groups in total. The molecule has 0 aliphatic carbocycles. The minimum absolute atomic E-state index is 0.114. The van der Waals surface area contributed by atoms with Crippen LogP contribution >= 0.6 is 0 Å². The molecule has 2 heterocycles. The Morgan fingerprint density at radius 1 is 0.944 bits per heavy atom.